The van der Waals surface area contributed by atoms with Gasteiger partial charge in [0.05, 0.1) is 0 Å². The number of nitrogens with zero attached hydrogens (tertiary/aromatic N) is 1. The zero-order valence-electron chi connectivity index (χ0n) is 7.57. The van der Waals surface area contributed by atoms with E-state index in [1.807, 2.05) is 16.8 Å². The van der Waals surface area contributed by atoms with Gasteiger partial charge in [-0.25, -0.2) is 0 Å². The van der Waals surface area contributed by atoms with E-state index in [9.17, 15) is 4.79 Å². The van der Waals surface area contributed by atoms with E-state index in [0.29, 0.717) is 6.04 Å². The fraction of sp³-hybridized carbons (Fsp3) is 0.500. The first-order valence-electron chi connectivity index (χ1n) is 4.76. The second kappa shape index (κ2) is 3.75. The van der Waals surface area contributed by atoms with Crippen LogP contribution >= 0.6 is 0 Å². The van der Waals surface area contributed by atoms with Crippen LogP contribution in [-0.4, -0.2) is 17.7 Å². The van der Waals surface area contributed by atoms with Crippen molar-refractivity contribution in [3.8, 4) is 0 Å². The van der Waals surface area contributed by atoms with Crippen molar-refractivity contribution >= 4 is 0 Å². The Morgan fingerprint density at radius 3 is 2.77 bits per heavy atom. The highest BCUT2D eigenvalue weighted by Crippen LogP contribution is 2.15. The quantitative estimate of drug-likeness (QED) is 0.689. The van der Waals surface area contributed by atoms with E-state index in [2.05, 4.69) is 5.32 Å². The topological polar surface area (TPSA) is 34.0 Å². The van der Waals surface area contributed by atoms with Crippen molar-refractivity contribution in [3.05, 3.63) is 34.7 Å². The molecule has 0 amide bonds. The van der Waals surface area contributed by atoms with Crippen LogP contribution in [0.4, 0.5) is 0 Å². The van der Waals surface area contributed by atoms with Gasteiger partial charge >= 0.3 is 0 Å². The average Bonchev–Trinajstić information content (AvgIpc) is 2.20. The number of pyridine rings is 1. The lowest BCUT2D eigenvalue weighted by molar-refractivity contribution is 0.361. The molecule has 0 spiro atoms. The monoisotopic (exact) mass is 178 g/mol. The van der Waals surface area contributed by atoms with Crippen molar-refractivity contribution < 1.29 is 0 Å². The molecule has 1 aliphatic rings. The van der Waals surface area contributed by atoms with Gasteiger partial charge in [-0.2, -0.15) is 0 Å². The van der Waals surface area contributed by atoms with E-state index in [1.54, 1.807) is 12.1 Å². The van der Waals surface area contributed by atoms with Gasteiger partial charge in [0.2, 0.25) is 0 Å². The highest BCUT2D eigenvalue weighted by atomic mass is 16.1. The summed E-state index contributed by atoms with van der Waals surface area (Å²) in [4.78, 5) is 11.5. The van der Waals surface area contributed by atoms with Gasteiger partial charge in [-0.3, -0.25) is 4.79 Å². The summed E-state index contributed by atoms with van der Waals surface area (Å²) in [5, 5.41) is 3.29. The van der Waals surface area contributed by atoms with Gasteiger partial charge in [0, 0.05) is 18.3 Å². The minimum atomic E-state index is 0.120. The molecule has 2 rings (SSSR count). The fourth-order valence-electron chi connectivity index (χ4n) is 1.83. The molecule has 0 unspecified atom stereocenters. The molecule has 0 saturated carbocycles. The van der Waals surface area contributed by atoms with Gasteiger partial charge in [-0.1, -0.05) is 6.07 Å². The molecule has 13 heavy (non-hydrogen) atoms. The highest BCUT2D eigenvalue weighted by Gasteiger charge is 2.14. The number of piperidine rings is 1. The fourth-order valence-corrected chi connectivity index (χ4v) is 1.83. The van der Waals surface area contributed by atoms with E-state index in [0.717, 1.165) is 25.9 Å². The smallest absolute Gasteiger partial charge is 0.250 e. The van der Waals surface area contributed by atoms with E-state index in [4.69, 9.17) is 0 Å². The number of hydrogen-bond acceptors (Lipinski definition) is 2. The summed E-state index contributed by atoms with van der Waals surface area (Å²) in [6.07, 6.45) is 4.01. The van der Waals surface area contributed by atoms with E-state index < -0.39 is 0 Å². The molecule has 1 N–H and O–H groups in total. The number of aromatic nitrogens is 1. The molecule has 0 aliphatic carbocycles. The van der Waals surface area contributed by atoms with Gasteiger partial charge in [0.15, 0.2) is 0 Å². The van der Waals surface area contributed by atoms with Crippen molar-refractivity contribution in [2.45, 2.75) is 18.9 Å². The Morgan fingerprint density at radius 2 is 2.08 bits per heavy atom. The van der Waals surface area contributed by atoms with Crippen LogP contribution in [-0.2, 0) is 0 Å². The van der Waals surface area contributed by atoms with Crippen LogP contribution in [0.2, 0.25) is 0 Å². The van der Waals surface area contributed by atoms with Crippen molar-refractivity contribution in [1.29, 1.82) is 0 Å². The normalized spacial score (nSPS) is 18.8. The molecule has 0 radical (unpaired) electrons. The molecular weight excluding hydrogens is 164 g/mol. The minimum absolute atomic E-state index is 0.120. The molecule has 1 saturated heterocycles. The molecule has 2 heterocycles. The third-order valence-corrected chi connectivity index (χ3v) is 2.55. The molecule has 3 nitrogen and oxygen atoms in total. The molecular formula is C10H14N2O. The van der Waals surface area contributed by atoms with Crippen molar-refractivity contribution in [3.63, 3.8) is 0 Å². The summed E-state index contributed by atoms with van der Waals surface area (Å²) < 4.78 is 1.85. The third kappa shape index (κ3) is 1.80. The van der Waals surface area contributed by atoms with E-state index in [1.165, 1.54) is 0 Å². The highest BCUT2D eigenvalue weighted by molar-refractivity contribution is 4.95. The molecule has 0 bridgehead atoms. The largest absolute Gasteiger partial charge is 0.317 e. The van der Waals surface area contributed by atoms with Crippen LogP contribution in [0.3, 0.4) is 0 Å². The molecule has 3 heteroatoms. The first-order valence-corrected chi connectivity index (χ1v) is 4.76. The number of nitrogens with one attached hydrogen (secondary N) is 1. The summed E-state index contributed by atoms with van der Waals surface area (Å²) >= 11 is 0. The summed E-state index contributed by atoms with van der Waals surface area (Å²) in [5.41, 5.74) is 0.120. The van der Waals surface area contributed by atoms with Crippen LogP contribution in [0.15, 0.2) is 29.2 Å². The van der Waals surface area contributed by atoms with Crippen LogP contribution in [0.5, 0.6) is 0 Å². The second-order valence-electron chi connectivity index (χ2n) is 3.43. The Kier molecular flexibility index (Phi) is 2.45. The lowest BCUT2D eigenvalue weighted by Crippen LogP contribution is -2.33. The Balaban J connectivity index is 2.24. The Labute approximate surface area is 77.4 Å². The Bertz CT molecular complexity index is 326. The van der Waals surface area contributed by atoms with Crippen molar-refractivity contribution in [1.82, 2.24) is 9.88 Å². The maximum atomic E-state index is 11.5. The third-order valence-electron chi connectivity index (χ3n) is 2.55. The predicted molar refractivity (Wildman–Crippen MR) is 51.8 cm³/mol. The van der Waals surface area contributed by atoms with Crippen LogP contribution in [0.25, 0.3) is 0 Å². The Morgan fingerprint density at radius 1 is 1.31 bits per heavy atom. The van der Waals surface area contributed by atoms with Gasteiger partial charge in [0.25, 0.3) is 5.56 Å². The summed E-state index contributed by atoms with van der Waals surface area (Å²) in [6, 6.07) is 5.74. The molecule has 1 aliphatic heterocycles. The summed E-state index contributed by atoms with van der Waals surface area (Å²) in [7, 11) is 0. The van der Waals surface area contributed by atoms with Crippen molar-refractivity contribution in [2.75, 3.05) is 13.1 Å². The maximum absolute atomic E-state index is 11.5. The van der Waals surface area contributed by atoms with E-state index in [-0.39, 0.29) is 5.56 Å². The first-order chi connectivity index (χ1) is 6.38. The zero-order valence-corrected chi connectivity index (χ0v) is 7.57. The maximum Gasteiger partial charge on any atom is 0.250 e. The van der Waals surface area contributed by atoms with Crippen molar-refractivity contribution in [2.24, 2.45) is 0 Å². The second-order valence-corrected chi connectivity index (χ2v) is 3.43. The van der Waals surface area contributed by atoms with Gasteiger partial charge in [0.1, 0.15) is 0 Å². The molecule has 0 aromatic carbocycles. The molecule has 1 aromatic rings. The minimum Gasteiger partial charge on any atom is -0.317 e. The zero-order chi connectivity index (χ0) is 9.10. The van der Waals surface area contributed by atoms with Gasteiger partial charge in [-0.05, 0) is 32.0 Å². The summed E-state index contributed by atoms with van der Waals surface area (Å²) in [5.74, 6) is 0. The van der Waals surface area contributed by atoms with Gasteiger partial charge in [-0.15, -0.1) is 0 Å². The standard InChI is InChI=1S/C10H14N2O/c13-10-3-1-2-8-12(10)9-4-6-11-7-5-9/h1-3,8-9,11H,4-7H2. The van der Waals surface area contributed by atoms with Gasteiger partial charge < -0.3 is 9.88 Å². The summed E-state index contributed by atoms with van der Waals surface area (Å²) in [6.45, 7) is 2.04. The van der Waals surface area contributed by atoms with Crippen LogP contribution in [0.1, 0.15) is 18.9 Å². The molecule has 70 valence electrons. The molecule has 0 atom stereocenters. The molecule has 1 aromatic heterocycles. The number of hydrogen-bond donors (Lipinski definition) is 1. The van der Waals surface area contributed by atoms with Crippen LogP contribution in [0, 0.1) is 0 Å². The lowest BCUT2D eigenvalue weighted by Gasteiger charge is -2.24. The average molecular weight is 178 g/mol. The SMILES string of the molecule is O=c1ccccn1C1CCNCC1. The Hall–Kier alpha value is -1.09. The van der Waals surface area contributed by atoms with E-state index >= 15 is 0 Å². The molecule has 1 fully saturated rings. The predicted octanol–water partition coefficient (Wildman–Crippen LogP) is 0.773. The number of rotatable bonds is 1. The first kappa shape index (κ1) is 8.51. The lowest BCUT2D eigenvalue weighted by atomic mass is 10.1. The van der Waals surface area contributed by atoms with Crippen LogP contribution < -0.4 is 10.9 Å².